The van der Waals surface area contributed by atoms with Crippen LogP contribution in [0.3, 0.4) is 0 Å². The molecule has 2 aromatic carbocycles. The van der Waals surface area contributed by atoms with E-state index in [1.807, 2.05) is 0 Å². The highest BCUT2D eigenvalue weighted by Crippen LogP contribution is 2.27. The van der Waals surface area contributed by atoms with Gasteiger partial charge < -0.3 is 5.11 Å². The fourth-order valence-corrected chi connectivity index (χ4v) is 3.21. The number of rotatable bonds is 3. The summed E-state index contributed by atoms with van der Waals surface area (Å²) >= 11 is 3.15. The molecule has 1 aliphatic rings. The van der Waals surface area contributed by atoms with Gasteiger partial charge in [-0.05, 0) is 69.6 Å². The zero-order valence-electron chi connectivity index (χ0n) is 11.1. The molecule has 1 atom stereocenters. The summed E-state index contributed by atoms with van der Waals surface area (Å²) in [6.45, 7) is 0. The molecule has 0 aromatic heterocycles. The summed E-state index contributed by atoms with van der Waals surface area (Å²) < 4.78 is 13.6. The second-order valence-electron chi connectivity index (χ2n) is 5.35. The Kier molecular flexibility index (Phi) is 3.90. The number of benzene rings is 2. The SMILES string of the molecule is OC(Cc1ccc2c(c1)CCC2)c1ccc(F)c(Br)c1. The van der Waals surface area contributed by atoms with Crippen LogP contribution in [0.5, 0.6) is 0 Å². The maximum absolute atomic E-state index is 13.2. The molecule has 1 nitrogen and oxygen atoms in total. The summed E-state index contributed by atoms with van der Waals surface area (Å²) in [7, 11) is 0. The maximum atomic E-state index is 13.2. The molecule has 0 saturated carbocycles. The summed E-state index contributed by atoms with van der Waals surface area (Å²) in [4.78, 5) is 0. The van der Waals surface area contributed by atoms with Crippen LogP contribution in [0.2, 0.25) is 0 Å². The van der Waals surface area contributed by atoms with Gasteiger partial charge in [0.15, 0.2) is 0 Å². The van der Waals surface area contributed by atoms with Crippen LogP contribution in [0, 0.1) is 5.82 Å². The van der Waals surface area contributed by atoms with E-state index in [4.69, 9.17) is 0 Å². The largest absolute Gasteiger partial charge is 0.388 e. The van der Waals surface area contributed by atoms with Crippen LogP contribution in [0.1, 0.15) is 34.8 Å². The average Bonchev–Trinajstić information content (AvgIpc) is 2.89. The summed E-state index contributed by atoms with van der Waals surface area (Å²) in [5, 5.41) is 10.3. The molecule has 0 fully saturated rings. The van der Waals surface area contributed by atoms with Gasteiger partial charge in [-0.3, -0.25) is 0 Å². The van der Waals surface area contributed by atoms with E-state index in [-0.39, 0.29) is 5.82 Å². The van der Waals surface area contributed by atoms with Crippen molar-refractivity contribution in [3.63, 3.8) is 0 Å². The molecule has 0 radical (unpaired) electrons. The summed E-state index contributed by atoms with van der Waals surface area (Å²) in [5.74, 6) is -0.307. The van der Waals surface area contributed by atoms with E-state index < -0.39 is 6.10 Å². The van der Waals surface area contributed by atoms with Crippen molar-refractivity contribution in [1.82, 2.24) is 0 Å². The lowest BCUT2D eigenvalue weighted by atomic mass is 9.98. The Morgan fingerprint density at radius 2 is 1.90 bits per heavy atom. The van der Waals surface area contributed by atoms with Gasteiger partial charge in [0, 0.05) is 6.42 Å². The molecule has 3 heteroatoms. The third-order valence-electron chi connectivity index (χ3n) is 3.92. The third kappa shape index (κ3) is 2.79. The molecule has 20 heavy (non-hydrogen) atoms. The Bertz CT molecular complexity index is 639. The van der Waals surface area contributed by atoms with Gasteiger partial charge in [-0.2, -0.15) is 0 Å². The van der Waals surface area contributed by atoms with Crippen LogP contribution in [-0.4, -0.2) is 5.11 Å². The Balaban J connectivity index is 1.78. The monoisotopic (exact) mass is 334 g/mol. The van der Waals surface area contributed by atoms with E-state index in [1.54, 1.807) is 12.1 Å². The van der Waals surface area contributed by atoms with Crippen molar-refractivity contribution in [3.05, 3.63) is 68.9 Å². The molecule has 104 valence electrons. The van der Waals surface area contributed by atoms with Crippen molar-refractivity contribution in [3.8, 4) is 0 Å². The van der Waals surface area contributed by atoms with Crippen LogP contribution >= 0.6 is 15.9 Å². The minimum atomic E-state index is -0.605. The lowest BCUT2D eigenvalue weighted by Crippen LogP contribution is -2.03. The quantitative estimate of drug-likeness (QED) is 0.884. The number of fused-ring (bicyclic) bond motifs is 1. The third-order valence-corrected chi connectivity index (χ3v) is 4.53. The molecule has 3 rings (SSSR count). The number of hydrogen-bond donors (Lipinski definition) is 1. The normalized spacial score (nSPS) is 15.2. The Labute approximate surface area is 126 Å². The molecule has 0 spiro atoms. The first-order valence-corrected chi connectivity index (χ1v) is 7.66. The van der Waals surface area contributed by atoms with Crippen LogP contribution < -0.4 is 0 Å². The van der Waals surface area contributed by atoms with Gasteiger partial charge in [-0.1, -0.05) is 24.3 Å². The van der Waals surface area contributed by atoms with Gasteiger partial charge in [0.2, 0.25) is 0 Å². The molecular weight excluding hydrogens is 319 g/mol. The fourth-order valence-electron chi connectivity index (χ4n) is 2.81. The predicted octanol–water partition coefficient (Wildman–Crippen LogP) is 4.35. The van der Waals surface area contributed by atoms with Crippen molar-refractivity contribution in [1.29, 1.82) is 0 Å². The second kappa shape index (κ2) is 5.66. The van der Waals surface area contributed by atoms with Gasteiger partial charge in [0.25, 0.3) is 0 Å². The topological polar surface area (TPSA) is 20.2 Å². The van der Waals surface area contributed by atoms with Crippen molar-refractivity contribution >= 4 is 15.9 Å². The Morgan fingerprint density at radius 3 is 2.70 bits per heavy atom. The summed E-state index contributed by atoms with van der Waals surface area (Å²) in [5.41, 5.74) is 4.72. The lowest BCUT2D eigenvalue weighted by molar-refractivity contribution is 0.178. The van der Waals surface area contributed by atoms with Gasteiger partial charge in [-0.15, -0.1) is 0 Å². The molecule has 0 bridgehead atoms. The maximum Gasteiger partial charge on any atom is 0.137 e. The minimum absolute atomic E-state index is 0.307. The molecule has 0 saturated heterocycles. The van der Waals surface area contributed by atoms with E-state index in [9.17, 15) is 9.50 Å². The highest BCUT2D eigenvalue weighted by Gasteiger charge is 2.14. The van der Waals surface area contributed by atoms with E-state index >= 15 is 0 Å². The first-order chi connectivity index (χ1) is 9.63. The van der Waals surface area contributed by atoms with Gasteiger partial charge in [0.1, 0.15) is 5.82 Å². The van der Waals surface area contributed by atoms with Gasteiger partial charge in [-0.25, -0.2) is 4.39 Å². The lowest BCUT2D eigenvalue weighted by Gasteiger charge is -2.13. The van der Waals surface area contributed by atoms with E-state index in [0.717, 1.165) is 17.5 Å². The molecule has 1 aliphatic carbocycles. The van der Waals surface area contributed by atoms with E-state index in [0.29, 0.717) is 10.9 Å². The molecule has 0 amide bonds. The fraction of sp³-hybridized carbons (Fsp3) is 0.294. The molecule has 0 aliphatic heterocycles. The summed E-state index contributed by atoms with van der Waals surface area (Å²) in [6.07, 6.45) is 3.49. The Morgan fingerprint density at radius 1 is 1.10 bits per heavy atom. The molecule has 2 aromatic rings. The zero-order chi connectivity index (χ0) is 14.1. The first-order valence-electron chi connectivity index (χ1n) is 6.87. The smallest absolute Gasteiger partial charge is 0.137 e. The molecule has 1 N–H and O–H groups in total. The van der Waals surface area contributed by atoms with Crippen molar-refractivity contribution in [2.45, 2.75) is 31.8 Å². The van der Waals surface area contributed by atoms with Crippen LogP contribution in [-0.2, 0) is 19.3 Å². The van der Waals surface area contributed by atoms with Crippen LogP contribution in [0.15, 0.2) is 40.9 Å². The van der Waals surface area contributed by atoms with Gasteiger partial charge >= 0.3 is 0 Å². The van der Waals surface area contributed by atoms with Crippen molar-refractivity contribution < 1.29 is 9.50 Å². The van der Waals surface area contributed by atoms with Gasteiger partial charge in [0.05, 0.1) is 10.6 Å². The molecular formula is C17H16BrFO. The zero-order valence-corrected chi connectivity index (χ0v) is 12.7. The van der Waals surface area contributed by atoms with Crippen molar-refractivity contribution in [2.24, 2.45) is 0 Å². The summed E-state index contributed by atoms with van der Waals surface area (Å²) in [6, 6.07) is 11.1. The number of aliphatic hydroxyl groups is 1. The minimum Gasteiger partial charge on any atom is -0.388 e. The number of hydrogen-bond acceptors (Lipinski definition) is 1. The average molecular weight is 335 g/mol. The second-order valence-corrected chi connectivity index (χ2v) is 6.20. The first kappa shape index (κ1) is 13.8. The number of aryl methyl sites for hydroxylation is 2. The molecule has 0 heterocycles. The van der Waals surface area contributed by atoms with Crippen molar-refractivity contribution in [2.75, 3.05) is 0 Å². The standard InChI is InChI=1S/C17H16BrFO/c18-15-10-14(6-7-16(15)19)17(20)9-11-4-5-12-2-1-3-13(12)8-11/h4-8,10,17,20H,1-3,9H2. The van der Waals surface area contributed by atoms with E-state index in [1.165, 1.54) is 30.0 Å². The number of aliphatic hydroxyl groups excluding tert-OH is 1. The predicted molar refractivity (Wildman–Crippen MR) is 81.2 cm³/mol. The van der Waals surface area contributed by atoms with Crippen LogP contribution in [0.25, 0.3) is 0 Å². The number of halogens is 2. The van der Waals surface area contributed by atoms with Crippen LogP contribution in [0.4, 0.5) is 4.39 Å². The highest BCUT2D eigenvalue weighted by atomic mass is 79.9. The van der Waals surface area contributed by atoms with E-state index in [2.05, 4.69) is 34.1 Å². The Hall–Kier alpha value is -1.19. The highest BCUT2D eigenvalue weighted by molar-refractivity contribution is 9.10. The molecule has 1 unspecified atom stereocenters.